The number of allylic oxidation sites excluding steroid dienone is 1. The van der Waals surface area contributed by atoms with E-state index in [1.165, 1.54) is 11.1 Å². The molecule has 1 aliphatic carbocycles. The van der Waals surface area contributed by atoms with Crippen LogP contribution in [0.15, 0.2) is 18.2 Å². The Morgan fingerprint density at radius 1 is 1.06 bits per heavy atom. The summed E-state index contributed by atoms with van der Waals surface area (Å²) in [5, 5.41) is 0. The minimum atomic E-state index is 0.229. The molecule has 0 unspecified atom stereocenters. The molecule has 0 spiro atoms. The van der Waals surface area contributed by atoms with Crippen LogP contribution < -0.4 is 9.47 Å². The highest BCUT2D eigenvalue weighted by atomic mass is 16.5. The average molecular weight is 218 g/mol. The Morgan fingerprint density at radius 2 is 1.69 bits per heavy atom. The van der Waals surface area contributed by atoms with Gasteiger partial charge in [0.1, 0.15) is 0 Å². The van der Waals surface area contributed by atoms with Gasteiger partial charge in [0.25, 0.3) is 0 Å². The minimum absolute atomic E-state index is 0.229. The highest BCUT2D eigenvalue weighted by Crippen LogP contribution is 2.38. The monoisotopic (exact) mass is 218 g/mol. The Morgan fingerprint density at radius 3 is 2.31 bits per heavy atom. The zero-order valence-electron chi connectivity index (χ0n) is 10.3. The summed E-state index contributed by atoms with van der Waals surface area (Å²) in [7, 11) is 3.34. The Hall–Kier alpha value is -1.44. The predicted octanol–water partition coefficient (Wildman–Crippen LogP) is 3.30. The topological polar surface area (TPSA) is 18.5 Å². The number of hydrogen-bond acceptors (Lipinski definition) is 2. The maximum Gasteiger partial charge on any atom is 0.161 e. The number of benzene rings is 1. The van der Waals surface area contributed by atoms with Gasteiger partial charge in [0, 0.05) is 0 Å². The van der Waals surface area contributed by atoms with Crippen molar-refractivity contribution in [2.75, 3.05) is 14.2 Å². The summed E-state index contributed by atoms with van der Waals surface area (Å²) in [6, 6.07) is 4.12. The third-order valence-corrected chi connectivity index (χ3v) is 3.01. The highest BCUT2D eigenvalue weighted by Gasteiger charge is 2.22. The summed E-state index contributed by atoms with van der Waals surface area (Å²) in [5.74, 6) is 1.61. The van der Waals surface area contributed by atoms with E-state index in [1.807, 2.05) is 6.07 Å². The van der Waals surface area contributed by atoms with Gasteiger partial charge in [-0.25, -0.2) is 0 Å². The molecule has 86 valence electrons. The molecule has 0 saturated heterocycles. The van der Waals surface area contributed by atoms with Crippen molar-refractivity contribution in [3.8, 4) is 11.5 Å². The molecule has 16 heavy (non-hydrogen) atoms. The van der Waals surface area contributed by atoms with Gasteiger partial charge in [0.15, 0.2) is 11.5 Å². The molecule has 0 bridgehead atoms. The lowest BCUT2D eigenvalue weighted by Crippen LogP contribution is -2.15. The summed E-state index contributed by atoms with van der Waals surface area (Å²) >= 11 is 0. The van der Waals surface area contributed by atoms with Crippen LogP contribution >= 0.6 is 0 Å². The Kier molecular flexibility index (Phi) is 2.66. The van der Waals surface area contributed by atoms with Crippen LogP contribution in [-0.4, -0.2) is 14.2 Å². The molecule has 0 atom stereocenters. The lowest BCUT2D eigenvalue weighted by Gasteiger charge is -2.26. The molecule has 0 heterocycles. The van der Waals surface area contributed by atoms with Crippen LogP contribution in [-0.2, 0) is 6.42 Å². The van der Waals surface area contributed by atoms with Gasteiger partial charge in [0.2, 0.25) is 0 Å². The Balaban J connectivity index is 2.49. The molecule has 0 radical (unpaired) electrons. The second kappa shape index (κ2) is 3.85. The number of ether oxygens (including phenoxy) is 2. The van der Waals surface area contributed by atoms with Gasteiger partial charge in [-0.05, 0) is 35.1 Å². The standard InChI is InChI=1S/C14H18O2/c1-14(2)6-5-10-7-12(15-3)13(16-4)8-11(10)9-14/h5-8H,9H2,1-4H3. The van der Waals surface area contributed by atoms with Crippen LogP contribution in [0.25, 0.3) is 6.08 Å². The van der Waals surface area contributed by atoms with Crippen LogP contribution in [0.1, 0.15) is 25.0 Å². The van der Waals surface area contributed by atoms with Gasteiger partial charge in [-0.15, -0.1) is 0 Å². The average Bonchev–Trinajstić information content (AvgIpc) is 2.26. The summed E-state index contributed by atoms with van der Waals surface area (Å²) in [6.45, 7) is 4.48. The van der Waals surface area contributed by atoms with E-state index < -0.39 is 0 Å². The van der Waals surface area contributed by atoms with E-state index in [1.54, 1.807) is 14.2 Å². The first kappa shape index (κ1) is 11.1. The molecule has 1 aromatic rings. The van der Waals surface area contributed by atoms with Crippen molar-refractivity contribution in [1.29, 1.82) is 0 Å². The molecule has 0 fully saturated rings. The maximum atomic E-state index is 5.32. The molecule has 0 aromatic heterocycles. The lowest BCUT2D eigenvalue weighted by atomic mass is 9.79. The summed E-state index contributed by atoms with van der Waals surface area (Å²) in [6.07, 6.45) is 5.46. The Bertz CT molecular complexity index is 431. The van der Waals surface area contributed by atoms with Gasteiger partial charge in [-0.2, -0.15) is 0 Å². The van der Waals surface area contributed by atoms with E-state index in [0.717, 1.165) is 17.9 Å². The van der Waals surface area contributed by atoms with Crippen LogP contribution in [0.2, 0.25) is 0 Å². The molecule has 1 aromatic carbocycles. The first-order valence-electron chi connectivity index (χ1n) is 5.50. The Labute approximate surface area is 96.9 Å². The van der Waals surface area contributed by atoms with Crippen LogP contribution in [0.4, 0.5) is 0 Å². The fourth-order valence-corrected chi connectivity index (χ4v) is 2.11. The number of hydrogen-bond donors (Lipinski definition) is 0. The molecule has 1 aliphatic rings. The normalized spacial score (nSPS) is 16.8. The lowest BCUT2D eigenvalue weighted by molar-refractivity contribution is 0.353. The van der Waals surface area contributed by atoms with Crippen molar-refractivity contribution < 1.29 is 9.47 Å². The smallest absolute Gasteiger partial charge is 0.161 e. The van der Waals surface area contributed by atoms with Crippen LogP contribution in [0.5, 0.6) is 11.5 Å². The van der Waals surface area contributed by atoms with Gasteiger partial charge in [-0.1, -0.05) is 26.0 Å². The molecule has 2 rings (SSSR count). The van der Waals surface area contributed by atoms with E-state index >= 15 is 0 Å². The second-order valence-corrected chi connectivity index (χ2v) is 4.90. The van der Waals surface area contributed by atoms with Crippen molar-refractivity contribution in [1.82, 2.24) is 0 Å². The number of rotatable bonds is 2. The molecule has 0 saturated carbocycles. The van der Waals surface area contributed by atoms with E-state index in [0.29, 0.717) is 0 Å². The minimum Gasteiger partial charge on any atom is -0.493 e. The van der Waals surface area contributed by atoms with Crippen molar-refractivity contribution in [2.24, 2.45) is 5.41 Å². The molecular weight excluding hydrogens is 200 g/mol. The first-order valence-corrected chi connectivity index (χ1v) is 5.50. The van der Waals surface area contributed by atoms with Gasteiger partial charge >= 0.3 is 0 Å². The van der Waals surface area contributed by atoms with Crippen molar-refractivity contribution in [3.63, 3.8) is 0 Å². The molecule has 0 aliphatic heterocycles. The van der Waals surface area contributed by atoms with E-state index in [4.69, 9.17) is 9.47 Å². The summed E-state index contributed by atoms with van der Waals surface area (Å²) in [5.41, 5.74) is 2.79. The van der Waals surface area contributed by atoms with Gasteiger partial charge < -0.3 is 9.47 Å². The quantitative estimate of drug-likeness (QED) is 0.758. The van der Waals surface area contributed by atoms with Crippen molar-refractivity contribution >= 4 is 6.08 Å². The fraction of sp³-hybridized carbons (Fsp3) is 0.429. The number of fused-ring (bicyclic) bond motifs is 1. The van der Waals surface area contributed by atoms with E-state index in [-0.39, 0.29) is 5.41 Å². The molecule has 2 nitrogen and oxygen atoms in total. The van der Waals surface area contributed by atoms with Gasteiger partial charge in [-0.3, -0.25) is 0 Å². The second-order valence-electron chi connectivity index (χ2n) is 4.90. The maximum absolute atomic E-state index is 5.32. The van der Waals surface area contributed by atoms with Crippen LogP contribution in [0, 0.1) is 5.41 Å². The number of methoxy groups -OCH3 is 2. The largest absolute Gasteiger partial charge is 0.493 e. The highest BCUT2D eigenvalue weighted by molar-refractivity contribution is 5.63. The van der Waals surface area contributed by atoms with Crippen molar-refractivity contribution in [3.05, 3.63) is 29.3 Å². The first-order chi connectivity index (χ1) is 7.55. The molecule has 2 heteroatoms. The van der Waals surface area contributed by atoms with Crippen LogP contribution in [0.3, 0.4) is 0 Å². The van der Waals surface area contributed by atoms with E-state index in [2.05, 4.69) is 32.1 Å². The SMILES string of the molecule is COc1cc2c(cc1OC)CC(C)(C)C=C2. The van der Waals surface area contributed by atoms with Crippen molar-refractivity contribution in [2.45, 2.75) is 20.3 Å². The molecular formula is C14H18O2. The molecule has 0 amide bonds. The summed E-state index contributed by atoms with van der Waals surface area (Å²) < 4.78 is 10.6. The summed E-state index contributed by atoms with van der Waals surface area (Å²) in [4.78, 5) is 0. The zero-order valence-corrected chi connectivity index (χ0v) is 10.3. The van der Waals surface area contributed by atoms with E-state index in [9.17, 15) is 0 Å². The zero-order chi connectivity index (χ0) is 11.8. The molecule has 0 N–H and O–H groups in total. The fourth-order valence-electron chi connectivity index (χ4n) is 2.11. The third-order valence-electron chi connectivity index (χ3n) is 3.01. The third kappa shape index (κ3) is 1.92. The predicted molar refractivity (Wildman–Crippen MR) is 66.1 cm³/mol. The van der Waals surface area contributed by atoms with Gasteiger partial charge in [0.05, 0.1) is 14.2 Å².